The van der Waals surface area contributed by atoms with Gasteiger partial charge >= 0.3 is 0 Å². The van der Waals surface area contributed by atoms with E-state index < -0.39 is 10.0 Å². The molecule has 3 rings (SSSR count). The fourth-order valence-corrected chi connectivity index (χ4v) is 3.53. The molecule has 0 aromatic heterocycles. The first-order valence-electron chi connectivity index (χ1n) is 7.46. The monoisotopic (exact) mass is 320 g/mol. The van der Waals surface area contributed by atoms with E-state index in [1.54, 1.807) is 0 Å². The predicted molar refractivity (Wildman–Crippen MR) is 84.5 cm³/mol. The van der Waals surface area contributed by atoms with Crippen LogP contribution in [0.5, 0.6) is 0 Å². The van der Waals surface area contributed by atoms with Gasteiger partial charge in [0.1, 0.15) is 0 Å². The molecule has 6 heteroatoms. The number of sulfonamides is 1. The van der Waals surface area contributed by atoms with Gasteiger partial charge in [0.15, 0.2) is 0 Å². The summed E-state index contributed by atoms with van der Waals surface area (Å²) < 4.78 is 25.0. The fraction of sp³-hybridized carbons (Fsp3) is 0.438. The van der Waals surface area contributed by atoms with Crippen molar-refractivity contribution in [2.45, 2.75) is 12.3 Å². The lowest BCUT2D eigenvalue weighted by Crippen LogP contribution is -2.54. The van der Waals surface area contributed by atoms with Crippen LogP contribution in [0.4, 0.5) is 0 Å². The van der Waals surface area contributed by atoms with Crippen molar-refractivity contribution in [2.75, 3.05) is 19.6 Å². The molecule has 2 unspecified atom stereocenters. The van der Waals surface area contributed by atoms with E-state index in [-0.39, 0.29) is 17.7 Å². The van der Waals surface area contributed by atoms with Crippen molar-refractivity contribution in [3.63, 3.8) is 0 Å². The second-order valence-electron chi connectivity index (χ2n) is 6.03. The molecule has 1 heterocycles. The fourth-order valence-electron chi connectivity index (χ4n) is 2.94. The molecule has 1 aliphatic heterocycles. The van der Waals surface area contributed by atoms with Crippen LogP contribution in [0.2, 0.25) is 0 Å². The SMILES string of the molecule is C=CS(=O)(=O)NCC1CN(C(=O)C2CC2c2ccccc2)C1. The average Bonchev–Trinajstić information content (AvgIpc) is 3.26. The molecule has 1 N–H and O–H groups in total. The Morgan fingerprint density at radius 3 is 2.64 bits per heavy atom. The lowest BCUT2D eigenvalue weighted by Gasteiger charge is -2.39. The Bertz CT molecular complexity index is 666. The van der Waals surface area contributed by atoms with E-state index in [0.29, 0.717) is 25.6 Å². The van der Waals surface area contributed by atoms with Gasteiger partial charge in [-0.15, -0.1) is 0 Å². The van der Waals surface area contributed by atoms with E-state index in [9.17, 15) is 13.2 Å². The summed E-state index contributed by atoms with van der Waals surface area (Å²) in [5, 5.41) is 0.906. The molecular formula is C16H20N2O3S. The highest BCUT2D eigenvalue weighted by molar-refractivity contribution is 7.92. The number of likely N-dealkylation sites (tertiary alicyclic amines) is 1. The number of carbonyl (C=O) groups is 1. The topological polar surface area (TPSA) is 66.5 Å². The van der Waals surface area contributed by atoms with Gasteiger partial charge in [-0.1, -0.05) is 36.9 Å². The van der Waals surface area contributed by atoms with Crippen LogP contribution in [0.25, 0.3) is 0 Å². The van der Waals surface area contributed by atoms with Gasteiger partial charge in [0, 0.05) is 36.9 Å². The number of amides is 1. The van der Waals surface area contributed by atoms with Crippen molar-refractivity contribution in [2.24, 2.45) is 11.8 Å². The highest BCUT2D eigenvalue weighted by Crippen LogP contribution is 2.48. The van der Waals surface area contributed by atoms with Crippen molar-refractivity contribution in [3.8, 4) is 0 Å². The Kier molecular flexibility index (Phi) is 4.06. The molecule has 1 aromatic rings. The Morgan fingerprint density at radius 1 is 1.32 bits per heavy atom. The van der Waals surface area contributed by atoms with Crippen molar-refractivity contribution in [1.29, 1.82) is 0 Å². The van der Waals surface area contributed by atoms with Gasteiger partial charge in [-0.25, -0.2) is 13.1 Å². The van der Waals surface area contributed by atoms with Crippen molar-refractivity contribution < 1.29 is 13.2 Å². The third-order valence-corrected chi connectivity index (χ3v) is 5.40. The summed E-state index contributed by atoms with van der Waals surface area (Å²) >= 11 is 0. The predicted octanol–water partition coefficient (Wildman–Crippen LogP) is 1.31. The lowest BCUT2D eigenvalue weighted by molar-refractivity contribution is -0.138. The van der Waals surface area contributed by atoms with Crippen LogP contribution >= 0.6 is 0 Å². The number of benzene rings is 1. The summed E-state index contributed by atoms with van der Waals surface area (Å²) in [5.41, 5.74) is 1.23. The minimum absolute atomic E-state index is 0.105. The molecule has 2 atom stereocenters. The Labute approximate surface area is 131 Å². The summed E-state index contributed by atoms with van der Waals surface area (Å²) in [5.74, 6) is 0.865. The van der Waals surface area contributed by atoms with Crippen molar-refractivity contribution in [1.82, 2.24) is 9.62 Å². The van der Waals surface area contributed by atoms with Gasteiger partial charge in [0.2, 0.25) is 15.9 Å². The molecule has 1 saturated heterocycles. The lowest BCUT2D eigenvalue weighted by atomic mass is 9.99. The van der Waals surface area contributed by atoms with Crippen LogP contribution in [0.3, 0.4) is 0 Å². The van der Waals surface area contributed by atoms with Crippen LogP contribution in [0.15, 0.2) is 42.3 Å². The zero-order valence-corrected chi connectivity index (χ0v) is 13.1. The van der Waals surface area contributed by atoms with E-state index >= 15 is 0 Å². The van der Waals surface area contributed by atoms with Crippen LogP contribution < -0.4 is 4.72 Å². The molecular weight excluding hydrogens is 300 g/mol. The summed E-state index contributed by atoms with van der Waals surface area (Å²) in [6.07, 6.45) is 0.924. The largest absolute Gasteiger partial charge is 0.342 e. The number of carbonyl (C=O) groups excluding carboxylic acids is 1. The van der Waals surface area contributed by atoms with Crippen LogP contribution in [-0.4, -0.2) is 38.9 Å². The van der Waals surface area contributed by atoms with Crippen LogP contribution in [-0.2, 0) is 14.8 Å². The summed E-state index contributed by atoms with van der Waals surface area (Å²) in [6, 6.07) is 10.1. The van der Waals surface area contributed by atoms with E-state index in [1.807, 2.05) is 23.1 Å². The maximum atomic E-state index is 12.3. The second kappa shape index (κ2) is 5.85. The van der Waals surface area contributed by atoms with Crippen LogP contribution in [0, 0.1) is 11.8 Å². The molecule has 1 amide bonds. The van der Waals surface area contributed by atoms with Crippen molar-refractivity contribution in [3.05, 3.63) is 47.9 Å². The maximum Gasteiger partial charge on any atom is 0.233 e. The summed E-state index contributed by atoms with van der Waals surface area (Å²) in [4.78, 5) is 14.2. The standard InChI is InChI=1S/C16H20N2O3S/c1-2-22(20,21)17-9-12-10-18(11-12)16(19)15-8-14(15)13-6-4-3-5-7-13/h2-7,12,14-15,17H,1,8-11H2. The zero-order valence-electron chi connectivity index (χ0n) is 12.3. The molecule has 5 nitrogen and oxygen atoms in total. The highest BCUT2D eigenvalue weighted by Gasteiger charge is 2.47. The molecule has 0 bridgehead atoms. The van der Waals surface area contributed by atoms with E-state index in [2.05, 4.69) is 23.4 Å². The molecule has 2 aliphatic rings. The third kappa shape index (κ3) is 3.23. The first kappa shape index (κ1) is 15.2. The zero-order chi connectivity index (χ0) is 15.7. The number of nitrogens with zero attached hydrogens (tertiary/aromatic N) is 1. The number of rotatable bonds is 6. The number of hydrogen-bond acceptors (Lipinski definition) is 3. The Balaban J connectivity index is 1.44. The van der Waals surface area contributed by atoms with E-state index in [4.69, 9.17) is 0 Å². The summed E-state index contributed by atoms with van der Waals surface area (Å²) in [6.45, 7) is 4.89. The number of hydrogen-bond donors (Lipinski definition) is 1. The van der Waals surface area contributed by atoms with Crippen molar-refractivity contribution >= 4 is 15.9 Å². The first-order chi connectivity index (χ1) is 10.5. The van der Waals surface area contributed by atoms with Crippen LogP contribution in [0.1, 0.15) is 17.9 Å². The third-order valence-electron chi connectivity index (χ3n) is 4.40. The second-order valence-corrected chi connectivity index (χ2v) is 7.74. The first-order valence-corrected chi connectivity index (χ1v) is 9.00. The molecule has 0 radical (unpaired) electrons. The molecule has 2 fully saturated rings. The molecule has 1 aromatic carbocycles. The van der Waals surface area contributed by atoms with Gasteiger partial charge in [-0.05, 0) is 17.9 Å². The number of nitrogens with one attached hydrogen (secondary N) is 1. The minimum atomic E-state index is -3.37. The molecule has 1 saturated carbocycles. The van der Waals surface area contributed by atoms with Gasteiger partial charge in [-0.2, -0.15) is 0 Å². The molecule has 0 spiro atoms. The summed E-state index contributed by atoms with van der Waals surface area (Å²) in [7, 11) is -3.37. The Morgan fingerprint density at radius 2 is 2.00 bits per heavy atom. The Hall–Kier alpha value is -1.66. The quantitative estimate of drug-likeness (QED) is 0.859. The van der Waals surface area contributed by atoms with Gasteiger partial charge in [0.25, 0.3) is 0 Å². The van der Waals surface area contributed by atoms with Gasteiger partial charge in [0.05, 0.1) is 0 Å². The molecule has 1 aliphatic carbocycles. The van der Waals surface area contributed by atoms with E-state index in [1.165, 1.54) is 5.56 Å². The molecule has 118 valence electrons. The van der Waals surface area contributed by atoms with Gasteiger partial charge in [-0.3, -0.25) is 4.79 Å². The normalized spacial score (nSPS) is 24.6. The van der Waals surface area contributed by atoms with E-state index in [0.717, 1.165) is 11.8 Å². The average molecular weight is 320 g/mol. The smallest absolute Gasteiger partial charge is 0.233 e. The van der Waals surface area contributed by atoms with Gasteiger partial charge < -0.3 is 4.90 Å². The minimum Gasteiger partial charge on any atom is -0.342 e. The highest BCUT2D eigenvalue weighted by atomic mass is 32.2. The molecule has 22 heavy (non-hydrogen) atoms. The maximum absolute atomic E-state index is 12.3.